The second kappa shape index (κ2) is 9.62. The summed E-state index contributed by atoms with van der Waals surface area (Å²) < 4.78 is 0. The van der Waals surface area contributed by atoms with Crippen molar-refractivity contribution in [2.45, 2.75) is 89.9 Å². The zero-order chi connectivity index (χ0) is 18.6. The Hall–Kier alpha value is -0.240. The first-order valence-corrected chi connectivity index (χ1v) is 10.1. The molecule has 2 aliphatic heterocycles. The number of β-amino-alcohol motifs (C(OH)–C–C–N with tert-alkyl or cyclic N) is 2. The Morgan fingerprint density at radius 1 is 0.840 bits per heavy atom. The third kappa shape index (κ3) is 5.88. The van der Waals surface area contributed by atoms with E-state index >= 15 is 0 Å². The van der Waals surface area contributed by atoms with Gasteiger partial charge in [-0.3, -0.25) is 9.80 Å². The van der Waals surface area contributed by atoms with Crippen LogP contribution in [0.25, 0.3) is 0 Å². The predicted molar refractivity (Wildman–Crippen MR) is 103 cm³/mol. The molecule has 0 saturated carbocycles. The Morgan fingerprint density at radius 3 is 1.80 bits per heavy atom. The SMILES string of the molecule is CCN[C@H]1CN(C(C)CCC(C)N2C[C@@H](O)[C@@H](NC(C)C)C2)C[C@H]1O. The van der Waals surface area contributed by atoms with Crippen molar-refractivity contribution in [3.05, 3.63) is 0 Å². The van der Waals surface area contributed by atoms with Gasteiger partial charge in [0.2, 0.25) is 0 Å². The molecule has 0 bridgehead atoms. The Bertz CT molecular complexity index is 396. The third-order valence-corrected chi connectivity index (χ3v) is 5.90. The maximum Gasteiger partial charge on any atom is 0.0832 e. The lowest BCUT2D eigenvalue weighted by molar-refractivity contribution is 0.135. The Morgan fingerprint density at radius 2 is 1.32 bits per heavy atom. The molecule has 0 aromatic heterocycles. The van der Waals surface area contributed by atoms with E-state index in [1.807, 2.05) is 0 Å². The van der Waals surface area contributed by atoms with Crippen LogP contribution in [-0.2, 0) is 0 Å². The molecule has 2 aliphatic rings. The Kier molecular flexibility index (Phi) is 8.11. The smallest absolute Gasteiger partial charge is 0.0832 e. The molecule has 6 heteroatoms. The van der Waals surface area contributed by atoms with E-state index in [2.05, 4.69) is 55.1 Å². The lowest BCUT2D eigenvalue weighted by Crippen LogP contribution is -2.43. The highest BCUT2D eigenvalue weighted by Crippen LogP contribution is 2.21. The molecular formula is C19H40N4O2. The normalized spacial score (nSPS) is 34.1. The van der Waals surface area contributed by atoms with Crippen molar-refractivity contribution in [3.63, 3.8) is 0 Å². The van der Waals surface area contributed by atoms with E-state index in [-0.39, 0.29) is 24.3 Å². The summed E-state index contributed by atoms with van der Waals surface area (Å²) in [6, 6.07) is 1.77. The monoisotopic (exact) mass is 356 g/mol. The molecule has 2 unspecified atom stereocenters. The second-order valence-corrected chi connectivity index (χ2v) is 8.41. The first-order valence-electron chi connectivity index (χ1n) is 10.1. The topological polar surface area (TPSA) is 71.0 Å². The van der Waals surface area contributed by atoms with E-state index < -0.39 is 0 Å². The van der Waals surface area contributed by atoms with Crippen molar-refractivity contribution < 1.29 is 10.2 Å². The number of likely N-dealkylation sites (N-methyl/N-ethyl adjacent to an activating group) is 1. The number of hydrogen-bond donors (Lipinski definition) is 4. The maximum atomic E-state index is 10.3. The van der Waals surface area contributed by atoms with Crippen molar-refractivity contribution in [1.29, 1.82) is 0 Å². The minimum absolute atomic E-state index is 0.189. The fourth-order valence-corrected chi connectivity index (χ4v) is 4.25. The van der Waals surface area contributed by atoms with Gasteiger partial charge in [0.25, 0.3) is 0 Å². The van der Waals surface area contributed by atoms with Gasteiger partial charge in [0, 0.05) is 56.4 Å². The Balaban J connectivity index is 1.74. The van der Waals surface area contributed by atoms with Crippen LogP contribution in [0.1, 0.15) is 47.5 Å². The number of nitrogens with zero attached hydrogens (tertiary/aromatic N) is 2. The standard InChI is InChI=1S/C19H40N4O2/c1-6-20-16-9-22(11-18(16)24)14(4)7-8-15(5)23-10-17(19(25)12-23)21-13(2)3/h13-21,24-25H,6-12H2,1-5H3/t14?,15?,16-,17-,18+,19+/m0/s1. The van der Waals surface area contributed by atoms with Gasteiger partial charge in [0.15, 0.2) is 0 Å². The van der Waals surface area contributed by atoms with Gasteiger partial charge in [0.1, 0.15) is 0 Å². The molecule has 0 aromatic carbocycles. The molecule has 0 amide bonds. The van der Waals surface area contributed by atoms with Gasteiger partial charge in [-0.05, 0) is 33.2 Å². The summed E-state index contributed by atoms with van der Waals surface area (Å²) in [7, 11) is 0. The highest BCUT2D eigenvalue weighted by atomic mass is 16.3. The molecule has 25 heavy (non-hydrogen) atoms. The summed E-state index contributed by atoms with van der Waals surface area (Å²) in [6.07, 6.45) is 1.73. The van der Waals surface area contributed by atoms with E-state index in [4.69, 9.17) is 0 Å². The summed E-state index contributed by atoms with van der Waals surface area (Å²) >= 11 is 0. The van der Waals surface area contributed by atoms with Gasteiger partial charge >= 0.3 is 0 Å². The first kappa shape index (κ1) is 21.1. The van der Waals surface area contributed by atoms with Crippen LogP contribution in [0.3, 0.4) is 0 Å². The van der Waals surface area contributed by atoms with Gasteiger partial charge in [-0.1, -0.05) is 20.8 Å². The molecule has 0 aromatic rings. The minimum atomic E-state index is -0.267. The van der Waals surface area contributed by atoms with Gasteiger partial charge in [0.05, 0.1) is 12.2 Å². The van der Waals surface area contributed by atoms with Gasteiger partial charge < -0.3 is 20.8 Å². The summed E-state index contributed by atoms with van der Waals surface area (Å²) in [5.74, 6) is 0. The fourth-order valence-electron chi connectivity index (χ4n) is 4.25. The quantitative estimate of drug-likeness (QED) is 0.475. The van der Waals surface area contributed by atoms with Crippen LogP contribution < -0.4 is 10.6 Å². The van der Waals surface area contributed by atoms with E-state index in [9.17, 15) is 10.2 Å². The van der Waals surface area contributed by atoms with Crippen LogP contribution >= 0.6 is 0 Å². The van der Waals surface area contributed by atoms with Crippen LogP contribution in [0.15, 0.2) is 0 Å². The molecule has 0 spiro atoms. The number of hydrogen-bond acceptors (Lipinski definition) is 6. The largest absolute Gasteiger partial charge is 0.390 e. The molecule has 6 atom stereocenters. The number of nitrogens with one attached hydrogen (secondary N) is 2. The Labute approximate surface area is 154 Å². The number of likely N-dealkylation sites (tertiary alicyclic amines) is 2. The molecule has 0 aliphatic carbocycles. The van der Waals surface area contributed by atoms with Gasteiger partial charge in [-0.25, -0.2) is 0 Å². The highest BCUT2D eigenvalue weighted by Gasteiger charge is 2.35. The lowest BCUT2D eigenvalue weighted by Gasteiger charge is -2.29. The first-order chi connectivity index (χ1) is 11.8. The molecular weight excluding hydrogens is 316 g/mol. The zero-order valence-electron chi connectivity index (χ0n) is 16.8. The lowest BCUT2D eigenvalue weighted by atomic mass is 10.1. The molecule has 2 fully saturated rings. The molecule has 148 valence electrons. The van der Waals surface area contributed by atoms with Crippen LogP contribution in [0.5, 0.6) is 0 Å². The minimum Gasteiger partial charge on any atom is -0.390 e. The summed E-state index contributed by atoms with van der Waals surface area (Å²) in [6.45, 7) is 15.2. The van der Waals surface area contributed by atoms with E-state index in [1.165, 1.54) is 0 Å². The molecule has 4 N–H and O–H groups in total. The van der Waals surface area contributed by atoms with E-state index in [1.54, 1.807) is 0 Å². The van der Waals surface area contributed by atoms with Crippen LogP contribution in [0.2, 0.25) is 0 Å². The zero-order valence-corrected chi connectivity index (χ0v) is 16.8. The summed E-state index contributed by atoms with van der Waals surface area (Å²) in [4.78, 5) is 4.82. The number of aliphatic hydroxyl groups excluding tert-OH is 2. The fraction of sp³-hybridized carbons (Fsp3) is 1.00. The van der Waals surface area contributed by atoms with Gasteiger partial charge in [-0.2, -0.15) is 0 Å². The molecule has 6 nitrogen and oxygen atoms in total. The summed E-state index contributed by atoms with van der Waals surface area (Å²) in [5.41, 5.74) is 0. The average molecular weight is 357 g/mol. The van der Waals surface area contributed by atoms with E-state index in [0.717, 1.165) is 45.6 Å². The van der Waals surface area contributed by atoms with E-state index in [0.29, 0.717) is 18.1 Å². The highest BCUT2D eigenvalue weighted by molar-refractivity contribution is 4.93. The molecule has 2 rings (SSSR count). The second-order valence-electron chi connectivity index (χ2n) is 8.41. The molecule has 0 radical (unpaired) electrons. The maximum absolute atomic E-state index is 10.3. The van der Waals surface area contributed by atoms with Crippen molar-refractivity contribution in [2.75, 3.05) is 32.7 Å². The third-order valence-electron chi connectivity index (χ3n) is 5.90. The van der Waals surface area contributed by atoms with Crippen LogP contribution in [0, 0.1) is 0 Å². The van der Waals surface area contributed by atoms with Crippen LogP contribution in [0.4, 0.5) is 0 Å². The van der Waals surface area contributed by atoms with Crippen molar-refractivity contribution >= 4 is 0 Å². The number of aliphatic hydroxyl groups is 2. The predicted octanol–water partition coefficient (Wildman–Crippen LogP) is 0.241. The average Bonchev–Trinajstić information content (AvgIpc) is 3.08. The molecule has 2 heterocycles. The van der Waals surface area contributed by atoms with Crippen LogP contribution in [-0.4, -0.2) is 95.2 Å². The van der Waals surface area contributed by atoms with Crippen molar-refractivity contribution in [3.8, 4) is 0 Å². The summed E-state index contributed by atoms with van der Waals surface area (Å²) in [5, 5.41) is 27.3. The number of rotatable bonds is 9. The van der Waals surface area contributed by atoms with Crippen molar-refractivity contribution in [1.82, 2.24) is 20.4 Å². The molecule has 2 saturated heterocycles. The van der Waals surface area contributed by atoms with Gasteiger partial charge in [-0.15, -0.1) is 0 Å². The van der Waals surface area contributed by atoms with Crippen molar-refractivity contribution in [2.24, 2.45) is 0 Å².